The highest BCUT2D eigenvalue weighted by Gasteiger charge is 2.36. The van der Waals surface area contributed by atoms with Gasteiger partial charge in [-0.25, -0.2) is 4.68 Å². The summed E-state index contributed by atoms with van der Waals surface area (Å²) in [5.74, 6) is 0. The van der Waals surface area contributed by atoms with Crippen LogP contribution in [0.3, 0.4) is 0 Å². The van der Waals surface area contributed by atoms with Crippen molar-refractivity contribution in [2.75, 3.05) is 0 Å². The predicted octanol–water partition coefficient (Wildman–Crippen LogP) is 3.02. The first kappa shape index (κ1) is 13.1. The third-order valence-electron chi connectivity index (χ3n) is 3.87. The Kier molecular flexibility index (Phi) is 3.40. The summed E-state index contributed by atoms with van der Waals surface area (Å²) in [7, 11) is 0. The van der Waals surface area contributed by atoms with E-state index in [-0.39, 0.29) is 6.04 Å². The number of fused-ring (bicyclic) bond motifs is 1. The summed E-state index contributed by atoms with van der Waals surface area (Å²) >= 11 is 0. The van der Waals surface area contributed by atoms with Crippen LogP contribution in [0.2, 0.25) is 0 Å². The average Bonchev–Trinajstić information content (AvgIpc) is 2.89. The van der Waals surface area contributed by atoms with E-state index in [1.165, 1.54) is 0 Å². The van der Waals surface area contributed by atoms with Crippen molar-refractivity contribution >= 4 is 11.0 Å². The molecule has 3 rings (SSSR count). The minimum absolute atomic E-state index is 0.202. The van der Waals surface area contributed by atoms with Crippen molar-refractivity contribution in [3.63, 3.8) is 0 Å². The maximum Gasteiger partial charge on any atom is 0.113 e. The number of hydrogen-bond donors (Lipinski definition) is 1. The van der Waals surface area contributed by atoms with E-state index in [0.717, 1.165) is 30.3 Å². The molecule has 0 radical (unpaired) electrons. The van der Waals surface area contributed by atoms with Gasteiger partial charge in [0, 0.05) is 0 Å². The molecule has 0 saturated heterocycles. The maximum absolute atomic E-state index is 11.0. The van der Waals surface area contributed by atoms with E-state index in [1.807, 2.05) is 53.3 Å². The Labute approximate surface area is 118 Å². The van der Waals surface area contributed by atoms with E-state index in [9.17, 15) is 5.11 Å². The number of aromatic nitrogens is 3. The Balaban J connectivity index is 2.02. The Morgan fingerprint density at radius 1 is 1.30 bits per heavy atom. The molecule has 20 heavy (non-hydrogen) atoms. The number of unbranched alkanes of at least 4 members (excludes halogenated alkanes) is 1. The van der Waals surface area contributed by atoms with Crippen LogP contribution in [-0.4, -0.2) is 25.7 Å². The highest BCUT2D eigenvalue weighted by Crippen LogP contribution is 2.34. The van der Waals surface area contributed by atoms with Crippen LogP contribution < -0.4 is 0 Å². The van der Waals surface area contributed by atoms with Crippen LogP contribution in [0.15, 0.2) is 48.6 Å². The first-order valence-electron chi connectivity index (χ1n) is 7.13. The van der Waals surface area contributed by atoms with E-state index in [1.54, 1.807) is 0 Å². The molecule has 0 bridgehead atoms. The highest BCUT2D eigenvalue weighted by molar-refractivity contribution is 5.74. The molecule has 0 saturated carbocycles. The van der Waals surface area contributed by atoms with Gasteiger partial charge in [0.2, 0.25) is 0 Å². The zero-order chi connectivity index (χ0) is 14.0. The molecule has 4 nitrogen and oxygen atoms in total. The third kappa shape index (κ3) is 2.16. The molecule has 4 heteroatoms. The van der Waals surface area contributed by atoms with Gasteiger partial charge < -0.3 is 5.11 Å². The molecular weight excluding hydrogens is 250 g/mol. The number of allylic oxidation sites excluding steroid dienone is 2. The van der Waals surface area contributed by atoms with Gasteiger partial charge in [-0.1, -0.05) is 61.4 Å². The molecule has 0 fully saturated rings. The molecule has 0 spiro atoms. The van der Waals surface area contributed by atoms with Crippen LogP contribution in [0.1, 0.15) is 32.2 Å². The standard InChI is InChI=1S/C16H19N3O/c1-2-3-11-16(20)12-7-6-10-15(16)19-14-9-5-4-8-13(14)17-18-19/h4-10,12,15,20H,2-3,11H2,1H3. The molecular formula is C16H19N3O. The van der Waals surface area contributed by atoms with Crippen LogP contribution in [0.4, 0.5) is 0 Å². The van der Waals surface area contributed by atoms with Crippen molar-refractivity contribution in [1.82, 2.24) is 15.0 Å². The maximum atomic E-state index is 11.0. The molecule has 1 aliphatic rings. The minimum atomic E-state index is -0.888. The second kappa shape index (κ2) is 5.21. The molecule has 2 atom stereocenters. The lowest BCUT2D eigenvalue weighted by Gasteiger charge is -2.33. The average molecular weight is 269 g/mol. The molecule has 1 N–H and O–H groups in total. The fourth-order valence-electron chi connectivity index (χ4n) is 2.73. The Hall–Kier alpha value is -1.94. The van der Waals surface area contributed by atoms with Gasteiger partial charge in [-0.3, -0.25) is 0 Å². The number of para-hydroxylation sites is 1. The number of aliphatic hydroxyl groups is 1. The molecule has 1 aliphatic carbocycles. The van der Waals surface area contributed by atoms with Crippen molar-refractivity contribution in [3.05, 3.63) is 48.6 Å². The largest absolute Gasteiger partial charge is 0.383 e. The number of hydrogen-bond acceptors (Lipinski definition) is 3. The lowest BCUT2D eigenvalue weighted by atomic mass is 9.85. The molecule has 0 aliphatic heterocycles. The lowest BCUT2D eigenvalue weighted by molar-refractivity contribution is 0.0368. The van der Waals surface area contributed by atoms with Crippen LogP contribution in [0.25, 0.3) is 11.0 Å². The van der Waals surface area contributed by atoms with Crippen molar-refractivity contribution < 1.29 is 5.11 Å². The molecule has 0 amide bonds. The normalized spacial score (nSPS) is 25.4. The summed E-state index contributed by atoms with van der Waals surface area (Å²) in [4.78, 5) is 0. The topological polar surface area (TPSA) is 50.9 Å². The lowest BCUT2D eigenvalue weighted by Crippen LogP contribution is -2.38. The van der Waals surface area contributed by atoms with Crippen LogP contribution in [0.5, 0.6) is 0 Å². The first-order valence-corrected chi connectivity index (χ1v) is 7.13. The van der Waals surface area contributed by atoms with Crippen LogP contribution in [0, 0.1) is 0 Å². The highest BCUT2D eigenvalue weighted by atomic mass is 16.3. The summed E-state index contributed by atoms with van der Waals surface area (Å²) in [6.45, 7) is 2.13. The van der Waals surface area contributed by atoms with Gasteiger partial charge in [0.1, 0.15) is 17.2 Å². The van der Waals surface area contributed by atoms with Crippen molar-refractivity contribution in [2.24, 2.45) is 0 Å². The minimum Gasteiger partial charge on any atom is -0.383 e. The van der Waals surface area contributed by atoms with E-state index in [2.05, 4.69) is 17.2 Å². The van der Waals surface area contributed by atoms with Gasteiger partial charge in [0.15, 0.2) is 0 Å². The van der Waals surface area contributed by atoms with Gasteiger partial charge in [-0.2, -0.15) is 0 Å². The smallest absolute Gasteiger partial charge is 0.113 e. The Morgan fingerprint density at radius 2 is 2.15 bits per heavy atom. The quantitative estimate of drug-likeness (QED) is 0.928. The van der Waals surface area contributed by atoms with Crippen molar-refractivity contribution in [1.29, 1.82) is 0 Å². The summed E-state index contributed by atoms with van der Waals surface area (Å²) < 4.78 is 1.82. The van der Waals surface area contributed by atoms with Gasteiger partial charge >= 0.3 is 0 Å². The predicted molar refractivity (Wildman–Crippen MR) is 79.3 cm³/mol. The van der Waals surface area contributed by atoms with Crippen LogP contribution in [-0.2, 0) is 0 Å². The van der Waals surface area contributed by atoms with Gasteiger partial charge in [-0.05, 0) is 18.6 Å². The first-order chi connectivity index (χ1) is 9.74. The van der Waals surface area contributed by atoms with E-state index in [4.69, 9.17) is 0 Å². The van der Waals surface area contributed by atoms with E-state index in [0.29, 0.717) is 0 Å². The number of benzene rings is 1. The molecule has 104 valence electrons. The summed E-state index contributed by atoms with van der Waals surface area (Å²) in [6.07, 6.45) is 10.5. The fourth-order valence-corrected chi connectivity index (χ4v) is 2.73. The van der Waals surface area contributed by atoms with E-state index >= 15 is 0 Å². The fraction of sp³-hybridized carbons (Fsp3) is 0.375. The van der Waals surface area contributed by atoms with Crippen LogP contribution >= 0.6 is 0 Å². The van der Waals surface area contributed by atoms with Gasteiger partial charge in [0.05, 0.1) is 5.52 Å². The summed E-state index contributed by atoms with van der Waals surface area (Å²) in [5, 5.41) is 19.4. The number of nitrogens with zero attached hydrogens (tertiary/aromatic N) is 3. The molecule has 1 aromatic carbocycles. The molecule has 2 unspecified atom stereocenters. The van der Waals surface area contributed by atoms with Gasteiger partial charge in [-0.15, -0.1) is 5.10 Å². The SMILES string of the molecule is CCCCC1(O)C=CC=CC1n1nnc2ccccc21. The van der Waals surface area contributed by atoms with Crippen molar-refractivity contribution in [2.45, 2.75) is 37.8 Å². The summed E-state index contributed by atoms with van der Waals surface area (Å²) in [5.41, 5.74) is 0.919. The monoisotopic (exact) mass is 269 g/mol. The Bertz CT molecular complexity index is 659. The molecule has 2 aromatic rings. The number of rotatable bonds is 4. The second-order valence-electron chi connectivity index (χ2n) is 5.31. The molecule has 1 aromatic heterocycles. The zero-order valence-electron chi connectivity index (χ0n) is 11.6. The molecule has 1 heterocycles. The van der Waals surface area contributed by atoms with Crippen molar-refractivity contribution in [3.8, 4) is 0 Å². The van der Waals surface area contributed by atoms with E-state index < -0.39 is 5.60 Å². The van der Waals surface area contributed by atoms with Gasteiger partial charge in [0.25, 0.3) is 0 Å². The second-order valence-corrected chi connectivity index (χ2v) is 5.31. The summed E-state index contributed by atoms with van der Waals surface area (Å²) in [6, 6.07) is 7.64. The zero-order valence-corrected chi connectivity index (χ0v) is 11.6. The third-order valence-corrected chi connectivity index (χ3v) is 3.87. The Morgan fingerprint density at radius 3 is 3.00 bits per heavy atom.